The predicted octanol–water partition coefficient (Wildman–Crippen LogP) is 1.39. The fraction of sp³-hybridized carbons (Fsp3) is 0.417. The largest absolute Gasteiger partial charge is 0.491 e. The zero-order valence-corrected chi connectivity index (χ0v) is 10.3. The zero-order valence-electron chi connectivity index (χ0n) is 9.50. The Morgan fingerprint density at radius 1 is 1.59 bits per heavy atom. The van der Waals surface area contributed by atoms with Gasteiger partial charge in [-0.25, -0.2) is 0 Å². The van der Waals surface area contributed by atoms with Gasteiger partial charge in [-0.3, -0.25) is 4.79 Å². The third-order valence-corrected chi connectivity index (χ3v) is 2.74. The lowest BCUT2D eigenvalue weighted by Gasteiger charge is -2.13. The highest BCUT2D eigenvalue weighted by Crippen LogP contribution is 2.30. The van der Waals surface area contributed by atoms with E-state index in [0.29, 0.717) is 35.9 Å². The lowest BCUT2D eigenvalue weighted by molar-refractivity contribution is 0.0957. The first kappa shape index (κ1) is 12.2. The van der Waals surface area contributed by atoms with Gasteiger partial charge in [-0.2, -0.15) is 0 Å². The molecule has 1 heterocycles. The highest BCUT2D eigenvalue weighted by atomic mass is 35.5. The van der Waals surface area contributed by atoms with Gasteiger partial charge in [0.2, 0.25) is 0 Å². The third-order valence-electron chi connectivity index (χ3n) is 2.52. The molecule has 1 aromatic rings. The van der Waals surface area contributed by atoms with Crippen LogP contribution in [0.2, 0.25) is 5.02 Å². The second-order valence-corrected chi connectivity index (χ2v) is 4.54. The number of carbonyl (C=O) groups is 1. The summed E-state index contributed by atoms with van der Waals surface area (Å²) in [5.74, 6) is 0.345. The van der Waals surface area contributed by atoms with Crippen LogP contribution in [0.25, 0.3) is 0 Å². The topological polar surface area (TPSA) is 58.6 Å². The summed E-state index contributed by atoms with van der Waals surface area (Å²) in [5.41, 5.74) is 1.20. The summed E-state index contributed by atoms with van der Waals surface area (Å²) in [7, 11) is 0. The minimum atomic E-state index is -0.507. The van der Waals surface area contributed by atoms with Gasteiger partial charge in [-0.15, -0.1) is 0 Å². The van der Waals surface area contributed by atoms with E-state index in [1.807, 2.05) is 0 Å². The number of amides is 1. The van der Waals surface area contributed by atoms with Crippen LogP contribution in [0.1, 0.15) is 22.8 Å². The number of ether oxygens (including phenoxy) is 1. The molecule has 1 aromatic carbocycles. The Morgan fingerprint density at radius 3 is 3.06 bits per heavy atom. The normalized spacial score (nSPS) is 16.5. The molecule has 1 atom stereocenters. The molecule has 2 rings (SSSR count). The van der Waals surface area contributed by atoms with Crippen molar-refractivity contribution < 1.29 is 14.6 Å². The van der Waals surface area contributed by atoms with Crippen molar-refractivity contribution in [2.24, 2.45) is 0 Å². The number of nitrogens with one attached hydrogen (secondary N) is 1. The average molecular weight is 256 g/mol. The molecule has 1 amide bonds. The van der Waals surface area contributed by atoms with Crippen molar-refractivity contribution in [2.75, 3.05) is 13.2 Å². The summed E-state index contributed by atoms with van der Waals surface area (Å²) in [5, 5.41) is 12.6. The standard InChI is InChI=1S/C12H14ClNO3/c1-7(15)4-8-5-9(13)6-10-11(8)17-3-2-14-12(10)16/h5-7,15H,2-4H2,1H3,(H,14,16). The predicted molar refractivity (Wildman–Crippen MR) is 64.7 cm³/mol. The van der Waals surface area contributed by atoms with Crippen molar-refractivity contribution in [2.45, 2.75) is 19.4 Å². The molecule has 0 saturated carbocycles. The van der Waals surface area contributed by atoms with Gasteiger partial charge in [0.25, 0.3) is 5.91 Å². The van der Waals surface area contributed by atoms with Crippen molar-refractivity contribution in [3.8, 4) is 5.75 Å². The molecule has 17 heavy (non-hydrogen) atoms. The Hall–Kier alpha value is -1.26. The number of rotatable bonds is 2. The smallest absolute Gasteiger partial charge is 0.255 e. The molecule has 0 bridgehead atoms. The highest BCUT2D eigenvalue weighted by Gasteiger charge is 2.21. The van der Waals surface area contributed by atoms with Crippen molar-refractivity contribution in [3.05, 3.63) is 28.3 Å². The second kappa shape index (κ2) is 4.94. The van der Waals surface area contributed by atoms with Crippen LogP contribution < -0.4 is 10.1 Å². The Labute approximate surface area is 105 Å². The maximum Gasteiger partial charge on any atom is 0.255 e. The molecule has 0 aliphatic carbocycles. The molecule has 2 N–H and O–H groups in total. The van der Waals surface area contributed by atoms with Crippen LogP contribution in [0.4, 0.5) is 0 Å². The Balaban J connectivity index is 2.49. The van der Waals surface area contributed by atoms with Crippen molar-refractivity contribution in [1.82, 2.24) is 5.32 Å². The van der Waals surface area contributed by atoms with E-state index in [2.05, 4.69) is 5.32 Å². The summed E-state index contributed by atoms with van der Waals surface area (Å²) in [6.07, 6.45) is -0.0941. The van der Waals surface area contributed by atoms with Gasteiger partial charge in [-0.05, 0) is 24.6 Å². The summed E-state index contributed by atoms with van der Waals surface area (Å²) in [6.45, 7) is 2.58. The van der Waals surface area contributed by atoms with Crippen molar-refractivity contribution in [3.63, 3.8) is 0 Å². The summed E-state index contributed by atoms with van der Waals surface area (Å²) >= 11 is 5.97. The van der Waals surface area contributed by atoms with Gasteiger partial charge in [0.15, 0.2) is 0 Å². The second-order valence-electron chi connectivity index (χ2n) is 4.10. The molecule has 0 spiro atoms. The van der Waals surface area contributed by atoms with Crippen LogP contribution in [-0.4, -0.2) is 30.3 Å². The molecule has 1 unspecified atom stereocenters. The van der Waals surface area contributed by atoms with Crippen LogP contribution in [-0.2, 0) is 6.42 Å². The molecule has 0 saturated heterocycles. The van der Waals surface area contributed by atoms with Gasteiger partial charge in [0.05, 0.1) is 18.2 Å². The van der Waals surface area contributed by atoms with E-state index < -0.39 is 6.10 Å². The van der Waals surface area contributed by atoms with Gasteiger partial charge < -0.3 is 15.2 Å². The Morgan fingerprint density at radius 2 is 2.35 bits per heavy atom. The molecule has 4 nitrogen and oxygen atoms in total. The molecular formula is C12H14ClNO3. The van der Waals surface area contributed by atoms with E-state index in [9.17, 15) is 9.90 Å². The number of hydrogen-bond acceptors (Lipinski definition) is 3. The average Bonchev–Trinajstić information content (AvgIpc) is 2.41. The molecule has 0 aromatic heterocycles. The van der Waals surface area contributed by atoms with E-state index >= 15 is 0 Å². The first-order chi connectivity index (χ1) is 8.08. The van der Waals surface area contributed by atoms with Crippen LogP contribution in [0.15, 0.2) is 12.1 Å². The summed E-state index contributed by atoms with van der Waals surface area (Å²) in [6, 6.07) is 3.31. The third kappa shape index (κ3) is 2.70. The molecule has 92 valence electrons. The molecule has 0 radical (unpaired) electrons. The molecule has 5 heteroatoms. The highest BCUT2D eigenvalue weighted by molar-refractivity contribution is 6.31. The molecule has 1 aliphatic rings. The maximum atomic E-state index is 11.8. The van der Waals surface area contributed by atoms with Crippen LogP contribution in [0, 0.1) is 0 Å². The number of halogens is 1. The number of benzene rings is 1. The first-order valence-corrected chi connectivity index (χ1v) is 5.87. The van der Waals surface area contributed by atoms with Crippen LogP contribution in [0.5, 0.6) is 5.75 Å². The van der Waals surface area contributed by atoms with Crippen LogP contribution in [0.3, 0.4) is 0 Å². The van der Waals surface area contributed by atoms with Gasteiger partial charge in [0, 0.05) is 11.4 Å². The van der Waals surface area contributed by atoms with E-state index in [-0.39, 0.29) is 5.91 Å². The first-order valence-electron chi connectivity index (χ1n) is 5.49. The Bertz CT molecular complexity index is 446. The van der Waals surface area contributed by atoms with E-state index in [1.165, 1.54) is 0 Å². The summed E-state index contributed by atoms with van der Waals surface area (Å²) < 4.78 is 5.55. The monoisotopic (exact) mass is 255 g/mol. The maximum absolute atomic E-state index is 11.8. The van der Waals surface area contributed by atoms with Gasteiger partial charge in [-0.1, -0.05) is 11.6 Å². The number of fused-ring (bicyclic) bond motifs is 1. The van der Waals surface area contributed by atoms with E-state index in [4.69, 9.17) is 16.3 Å². The SMILES string of the molecule is CC(O)Cc1cc(Cl)cc2c1OCCNC2=O. The zero-order chi connectivity index (χ0) is 12.4. The fourth-order valence-corrected chi connectivity index (χ4v) is 2.11. The number of aliphatic hydroxyl groups excluding tert-OH is 1. The molecular weight excluding hydrogens is 242 g/mol. The number of hydrogen-bond donors (Lipinski definition) is 2. The van der Waals surface area contributed by atoms with Gasteiger partial charge >= 0.3 is 0 Å². The number of carbonyl (C=O) groups excluding carboxylic acids is 1. The lowest BCUT2D eigenvalue weighted by atomic mass is 10.0. The minimum Gasteiger partial charge on any atom is -0.491 e. The van der Waals surface area contributed by atoms with E-state index in [1.54, 1.807) is 19.1 Å². The Kier molecular flexibility index (Phi) is 3.54. The summed E-state index contributed by atoms with van der Waals surface area (Å²) in [4.78, 5) is 11.8. The minimum absolute atomic E-state index is 0.188. The quantitative estimate of drug-likeness (QED) is 0.840. The number of aliphatic hydroxyl groups is 1. The molecule has 1 aliphatic heterocycles. The van der Waals surface area contributed by atoms with Crippen molar-refractivity contribution in [1.29, 1.82) is 0 Å². The van der Waals surface area contributed by atoms with Crippen LogP contribution >= 0.6 is 11.6 Å². The fourth-order valence-electron chi connectivity index (χ4n) is 1.87. The lowest BCUT2D eigenvalue weighted by Crippen LogP contribution is -2.24. The van der Waals surface area contributed by atoms with Crippen molar-refractivity contribution >= 4 is 17.5 Å². The van der Waals surface area contributed by atoms with Gasteiger partial charge in [0.1, 0.15) is 12.4 Å². The van der Waals surface area contributed by atoms with E-state index in [0.717, 1.165) is 5.56 Å². The molecule has 0 fully saturated rings.